The van der Waals surface area contributed by atoms with Crippen LogP contribution in [0.4, 0.5) is 0 Å². The molecule has 146 valence electrons. The lowest BCUT2D eigenvalue weighted by molar-refractivity contribution is -0.134. The van der Waals surface area contributed by atoms with Gasteiger partial charge in [-0.1, -0.05) is 24.3 Å². The van der Waals surface area contributed by atoms with E-state index in [9.17, 15) is 29.4 Å². The fourth-order valence-corrected chi connectivity index (χ4v) is 2.25. The molecule has 10 heteroatoms. The Kier molecular flexibility index (Phi) is 6.42. The average molecular weight is 386 g/mol. The summed E-state index contributed by atoms with van der Waals surface area (Å²) >= 11 is 0. The van der Waals surface area contributed by atoms with E-state index in [1.54, 1.807) is 0 Å². The van der Waals surface area contributed by atoms with Gasteiger partial charge in [0, 0.05) is 12.8 Å². The number of hydrogen-bond donors (Lipinski definition) is 4. The van der Waals surface area contributed by atoms with E-state index in [1.165, 1.54) is 48.5 Å². The summed E-state index contributed by atoms with van der Waals surface area (Å²) < 4.78 is 0. The van der Waals surface area contributed by atoms with E-state index in [1.807, 2.05) is 0 Å². The second kappa shape index (κ2) is 8.75. The van der Waals surface area contributed by atoms with Crippen LogP contribution in [0.1, 0.15) is 33.6 Å². The number of phenolic OH excluding ortho intramolecular Hbond substituents is 2. The molecule has 6 N–H and O–H groups in total. The minimum absolute atomic E-state index is 0.181. The second-order valence-corrected chi connectivity index (χ2v) is 5.67. The van der Waals surface area contributed by atoms with Crippen LogP contribution in [-0.2, 0) is 9.59 Å². The van der Waals surface area contributed by atoms with E-state index < -0.39 is 36.5 Å². The normalized spacial score (nSPS) is 10.2. The number of carbonyl (C=O) groups is 4. The lowest BCUT2D eigenvalue weighted by Crippen LogP contribution is -2.45. The molecule has 28 heavy (non-hydrogen) atoms. The van der Waals surface area contributed by atoms with Gasteiger partial charge in [-0.3, -0.25) is 19.2 Å². The Hall–Kier alpha value is -3.76. The van der Waals surface area contributed by atoms with Crippen molar-refractivity contribution >= 4 is 23.6 Å². The molecule has 0 spiro atoms. The standard InChI is InChI=1S/C18H18N4O6/c19-21(17(27)11-5-1-3-7-13(11)23)15(25)9-10-16(26)22(20)18(28)12-6-2-4-8-14(12)24/h1-8,23-24H,9-10,19-20H2. The van der Waals surface area contributed by atoms with Crippen LogP contribution in [0.25, 0.3) is 0 Å². The molecular weight excluding hydrogens is 368 g/mol. The Morgan fingerprint density at radius 2 is 1.00 bits per heavy atom. The zero-order chi connectivity index (χ0) is 20.8. The molecule has 10 nitrogen and oxygen atoms in total. The second-order valence-electron chi connectivity index (χ2n) is 5.67. The molecule has 4 amide bonds. The summed E-state index contributed by atoms with van der Waals surface area (Å²) in [5, 5.41) is 19.8. The Labute approximate surface area is 159 Å². The zero-order valence-corrected chi connectivity index (χ0v) is 14.6. The van der Waals surface area contributed by atoms with Crippen molar-refractivity contribution in [2.75, 3.05) is 0 Å². The third kappa shape index (κ3) is 4.50. The monoisotopic (exact) mass is 386 g/mol. The molecule has 0 radical (unpaired) electrons. The number of imide groups is 2. The van der Waals surface area contributed by atoms with E-state index in [0.29, 0.717) is 0 Å². The van der Waals surface area contributed by atoms with Gasteiger partial charge >= 0.3 is 0 Å². The zero-order valence-electron chi connectivity index (χ0n) is 14.6. The predicted octanol–water partition coefficient (Wildman–Crippen LogP) is 0.263. The minimum atomic E-state index is -0.953. The van der Waals surface area contributed by atoms with Crippen molar-refractivity contribution in [1.82, 2.24) is 10.0 Å². The number of para-hydroxylation sites is 2. The molecular formula is C18H18N4O6. The number of carbonyl (C=O) groups excluding carboxylic acids is 4. The summed E-state index contributed by atoms with van der Waals surface area (Å²) in [6.45, 7) is 0. The molecule has 0 bridgehead atoms. The molecule has 0 aliphatic rings. The van der Waals surface area contributed by atoms with Crippen LogP contribution < -0.4 is 11.7 Å². The summed E-state index contributed by atoms with van der Waals surface area (Å²) in [5.41, 5.74) is -0.361. The number of nitrogens with two attached hydrogens (primary N) is 2. The predicted molar refractivity (Wildman–Crippen MR) is 96.2 cm³/mol. The van der Waals surface area contributed by atoms with Crippen LogP contribution in [0.5, 0.6) is 11.5 Å². The number of rotatable bonds is 5. The first kappa shape index (κ1) is 20.6. The maximum atomic E-state index is 12.1. The van der Waals surface area contributed by atoms with Crippen molar-refractivity contribution in [2.24, 2.45) is 11.7 Å². The largest absolute Gasteiger partial charge is 0.507 e. The van der Waals surface area contributed by atoms with Crippen LogP contribution in [0.15, 0.2) is 48.5 Å². The van der Waals surface area contributed by atoms with Gasteiger partial charge in [0.25, 0.3) is 11.8 Å². The quantitative estimate of drug-likeness (QED) is 0.322. The maximum Gasteiger partial charge on any atom is 0.278 e. The van der Waals surface area contributed by atoms with Crippen LogP contribution in [0, 0.1) is 0 Å². The number of amides is 4. The summed E-state index contributed by atoms with van der Waals surface area (Å²) in [4.78, 5) is 48.4. The van der Waals surface area contributed by atoms with Crippen molar-refractivity contribution < 1.29 is 29.4 Å². The third-order valence-corrected chi connectivity index (χ3v) is 3.80. The van der Waals surface area contributed by atoms with Gasteiger partial charge in [0.15, 0.2) is 0 Å². The van der Waals surface area contributed by atoms with E-state index in [0.717, 1.165) is 0 Å². The fourth-order valence-electron chi connectivity index (χ4n) is 2.25. The Morgan fingerprint density at radius 1 is 0.679 bits per heavy atom. The van der Waals surface area contributed by atoms with Crippen molar-refractivity contribution in [2.45, 2.75) is 12.8 Å². The summed E-state index contributed by atoms with van der Waals surface area (Å²) in [6, 6.07) is 11.0. The molecule has 0 aromatic heterocycles. The molecule has 0 heterocycles. The minimum Gasteiger partial charge on any atom is -0.507 e. The van der Waals surface area contributed by atoms with Crippen molar-refractivity contribution in [1.29, 1.82) is 0 Å². The van der Waals surface area contributed by atoms with Crippen molar-refractivity contribution in [3.8, 4) is 11.5 Å². The van der Waals surface area contributed by atoms with Crippen LogP contribution in [0.3, 0.4) is 0 Å². The van der Waals surface area contributed by atoms with Crippen LogP contribution in [0.2, 0.25) is 0 Å². The summed E-state index contributed by atoms with van der Waals surface area (Å²) in [7, 11) is 0. The van der Waals surface area contributed by atoms with Crippen molar-refractivity contribution in [3.63, 3.8) is 0 Å². The van der Waals surface area contributed by atoms with E-state index >= 15 is 0 Å². The highest BCUT2D eigenvalue weighted by Gasteiger charge is 2.25. The lowest BCUT2D eigenvalue weighted by Gasteiger charge is -2.17. The molecule has 2 aromatic carbocycles. The highest BCUT2D eigenvalue weighted by Crippen LogP contribution is 2.18. The molecule has 2 aromatic rings. The number of benzene rings is 2. The number of hydrazine groups is 2. The van der Waals surface area contributed by atoms with E-state index in [4.69, 9.17) is 11.7 Å². The van der Waals surface area contributed by atoms with E-state index in [-0.39, 0.29) is 32.6 Å². The first-order valence-corrected chi connectivity index (χ1v) is 8.04. The molecule has 0 aliphatic carbocycles. The van der Waals surface area contributed by atoms with Crippen LogP contribution >= 0.6 is 0 Å². The molecule has 2 rings (SSSR count). The number of nitrogens with zero attached hydrogens (tertiary/aromatic N) is 2. The van der Waals surface area contributed by atoms with Gasteiger partial charge in [-0.05, 0) is 24.3 Å². The Bertz CT molecular complexity index is 854. The van der Waals surface area contributed by atoms with Gasteiger partial charge in [0.05, 0.1) is 11.1 Å². The molecule has 0 unspecified atom stereocenters. The fraction of sp³-hybridized carbons (Fsp3) is 0.111. The highest BCUT2D eigenvalue weighted by atomic mass is 16.3. The van der Waals surface area contributed by atoms with Gasteiger partial charge < -0.3 is 10.2 Å². The first-order valence-electron chi connectivity index (χ1n) is 8.04. The smallest absolute Gasteiger partial charge is 0.278 e. The maximum absolute atomic E-state index is 12.1. The van der Waals surface area contributed by atoms with Gasteiger partial charge in [-0.2, -0.15) is 0 Å². The molecule has 0 fully saturated rings. The molecule has 0 saturated heterocycles. The molecule has 0 saturated carbocycles. The highest BCUT2D eigenvalue weighted by molar-refractivity contribution is 6.08. The number of hydrogen-bond acceptors (Lipinski definition) is 8. The Balaban J connectivity index is 1.97. The van der Waals surface area contributed by atoms with Gasteiger partial charge in [-0.15, -0.1) is 0 Å². The number of aromatic hydroxyl groups is 2. The first-order chi connectivity index (χ1) is 13.2. The van der Waals surface area contributed by atoms with Crippen molar-refractivity contribution in [3.05, 3.63) is 59.7 Å². The number of phenols is 2. The third-order valence-electron chi connectivity index (χ3n) is 3.80. The lowest BCUT2D eigenvalue weighted by atomic mass is 10.1. The van der Waals surface area contributed by atoms with E-state index in [2.05, 4.69) is 0 Å². The molecule has 0 atom stereocenters. The summed E-state index contributed by atoms with van der Waals surface area (Å²) in [6.07, 6.45) is -1.01. The SMILES string of the molecule is NN(C(=O)CCC(=O)N(N)C(=O)c1ccccc1O)C(=O)c1ccccc1O. The van der Waals surface area contributed by atoms with Gasteiger partial charge in [0.1, 0.15) is 11.5 Å². The summed E-state index contributed by atoms with van der Waals surface area (Å²) in [5.74, 6) is 6.49. The Morgan fingerprint density at radius 3 is 1.32 bits per heavy atom. The average Bonchev–Trinajstić information content (AvgIpc) is 2.70. The van der Waals surface area contributed by atoms with Crippen LogP contribution in [-0.4, -0.2) is 43.9 Å². The molecule has 0 aliphatic heterocycles. The van der Waals surface area contributed by atoms with Gasteiger partial charge in [-0.25, -0.2) is 21.7 Å². The topological polar surface area (TPSA) is 167 Å². The van der Waals surface area contributed by atoms with Gasteiger partial charge in [0.2, 0.25) is 11.8 Å².